The molecule has 7 nitrogen and oxygen atoms in total. The zero-order valence-corrected chi connectivity index (χ0v) is 20.5. The van der Waals surface area contributed by atoms with Gasteiger partial charge in [0.15, 0.2) is 0 Å². The van der Waals surface area contributed by atoms with Crippen molar-refractivity contribution < 1.29 is 19.0 Å². The maximum Gasteiger partial charge on any atom is 0.254 e. The van der Waals surface area contributed by atoms with Crippen LogP contribution in [0.15, 0.2) is 48.5 Å². The van der Waals surface area contributed by atoms with Gasteiger partial charge in [0.05, 0.1) is 25.8 Å². The van der Waals surface area contributed by atoms with E-state index >= 15 is 0 Å². The van der Waals surface area contributed by atoms with Crippen LogP contribution in [0.2, 0.25) is 0 Å². The Morgan fingerprint density at radius 3 is 2.46 bits per heavy atom. The normalized spacial score (nSPS) is 17.7. The number of carbonyl (C=O) groups excluding carboxylic acids is 1. The Morgan fingerprint density at radius 1 is 1.03 bits per heavy atom. The van der Waals surface area contributed by atoms with Crippen LogP contribution in [0.5, 0.6) is 11.5 Å². The molecule has 184 valence electrons. The van der Waals surface area contributed by atoms with Crippen molar-refractivity contribution >= 4 is 22.6 Å². The van der Waals surface area contributed by atoms with Gasteiger partial charge in [0, 0.05) is 55.4 Å². The van der Waals surface area contributed by atoms with Gasteiger partial charge in [0.1, 0.15) is 17.3 Å². The Labute approximate surface area is 206 Å². The zero-order valence-electron chi connectivity index (χ0n) is 20.5. The van der Waals surface area contributed by atoms with Gasteiger partial charge in [-0.3, -0.25) is 4.79 Å². The summed E-state index contributed by atoms with van der Waals surface area (Å²) in [6.07, 6.45) is 4.38. The molecule has 5 rings (SSSR count). The summed E-state index contributed by atoms with van der Waals surface area (Å²) in [5.41, 5.74) is 2.61. The van der Waals surface area contributed by atoms with Crippen LogP contribution < -0.4 is 14.4 Å². The topological polar surface area (TPSA) is 64.1 Å². The van der Waals surface area contributed by atoms with Gasteiger partial charge in [-0.2, -0.15) is 0 Å². The van der Waals surface area contributed by atoms with Gasteiger partial charge in [0.2, 0.25) is 0 Å². The summed E-state index contributed by atoms with van der Waals surface area (Å²) in [6, 6.07) is 15.5. The van der Waals surface area contributed by atoms with Crippen molar-refractivity contribution in [3.8, 4) is 11.5 Å². The Kier molecular flexibility index (Phi) is 7.04. The van der Waals surface area contributed by atoms with E-state index in [1.54, 1.807) is 14.2 Å². The minimum atomic E-state index is -0.00893. The first-order valence-electron chi connectivity index (χ1n) is 12.4. The molecule has 0 aliphatic carbocycles. The molecule has 0 bridgehead atoms. The highest BCUT2D eigenvalue weighted by Crippen LogP contribution is 2.30. The maximum atomic E-state index is 13.7. The Morgan fingerprint density at radius 2 is 1.77 bits per heavy atom. The van der Waals surface area contributed by atoms with Crippen LogP contribution >= 0.6 is 0 Å². The summed E-state index contributed by atoms with van der Waals surface area (Å²) in [6.45, 7) is 3.76. The van der Waals surface area contributed by atoms with E-state index in [0.29, 0.717) is 18.7 Å². The van der Waals surface area contributed by atoms with Gasteiger partial charge in [-0.25, -0.2) is 4.98 Å². The maximum absolute atomic E-state index is 13.7. The Hall–Kier alpha value is -3.32. The third kappa shape index (κ3) is 5.20. The summed E-state index contributed by atoms with van der Waals surface area (Å²) in [5.74, 6) is 2.48. The number of benzene rings is 2. The Balaban J connectivity index is 1.51. The summed E-state index contributed by atoms with van der Waals surface area (Å²) in [5, 5.41) is 1.04. The molecule has 35 heavy (non-hydrogen) atoms. The molecule has 2 aliphatic heterocycles. The van der Waals surface area contributed by atoms with Crippen LogP contribution in [0.25, 0.3) is 10.9 Å². The minimum absolute atomic E-state index is 0.00893. The third-order valence-electron chi connectivity index (χ3n) is 6.92. The van der Waals surface area contributed by atoms with Crippen molar-refractivity contribution in [2.24, 2.45) is 0 Å². The number of hydrogen-bond acceptors (Lipinski definition) is 6. The van der Waals surface area contributed by atoms with Gasteiger partial charge in [-0.1, -0.05) is 0 Å². The first kappa shape index (κ1) is 23.4. The van der Waals surface area contributed by atoms with Crippen LogP contribution in [-0.4, -0.2) is 62.4 Å². The second kappa shape index (κ2) is 10.5. The number of methoxy groups -OCH3 is 2. The number of rotatable bonds is 8. The molecule has 3 aromatic rings. The van der Waals surface area contributed by atoms with Crippen LogP contribution in [0.4, 0.5) is 5.82 Å². The fourth-order valence-corrected chi connectivity index (χ4v) is 5.00. The largest absolute Gasteiger partial charge is 0.497 e. The molecule has 1 aromatic heterocycles. The van der Waals surface area contributed by atoms with Crippen LogP contribution in [0, 0.1) is 0 Å². The first-order valence-corrected chi connectivity index (χ1v) is 12.4. The molecule has 0 saturated carbocycles. The number of pyridine rings is 1. The van der Waals surface area contributed by atoms with E-state index in [9.17, 15) is 4.79 Å². The van der Waals surface area contributed by atoms with Crippen LogP contribution in [0.3, 0.4) is 0 Å². The summed E-state index contributed by atoms with van der Waals surface area (Å²) < 4.78 is 16.6. The van der Waals surface area contributed by atoms with Crippen LogP contribution in [-0.2, 0) is 11.3 Å². The van der Waals surface area contributed by atoms with Gasteiger partial charge in [-0.05, 0) is 68.1 Å². The number of hydrogen-bond donors (Lipinski definition) is 0. The summed E-state index contributed by atoms with van der Waals surface area (Å²) in [4.78, 5) is 23.0. The van der Waals surface area contributed by atoms with Gasteiger partial charge in [-0.15, -0.1) is 0 Å². The average Bonchev–Trinajstić information content (AvgIpc) is 3.62. The van der Waals surface area contributed by atoms with Crippen molar-refractivity contribution in [3.05, 3.63) is 59.7 Å². The smallest absolute Gasteiger partial charge is 0.254 e. The molecule has 0 N–H and O–H groups in total. The van der Waals surface area contributed by atoms with E-state index in [1.807, 2.05) is 47.4 Å². The first-order chi connectivity index (χ1) is 17.1. The van der Waals surface area contributed by atoms with Crippen molar-refractivity contribution in [2.75, 3.05) is 45.4 Å². The molecule has 3 heterocycles. The van der Waals surface area contributed by atoms with Gasteiger partial charge in [0.25, 0.3) is 5.91 Å². The third-order valence-corrected chi connectivity index (χ3v) is 6.92. The molecule has 2 fully saturated rings. The van der Waals surface area contributed by atoms with Crippen LogP contribution in [0.1, 0.15) is 41.6 Å². The van der Waals surface area contributed by atoms with Crippen molar-refractivity contribution in [1.29, 1.82) is 0 Å². The number of anilines is 1. The highest BCUT2D eigenvalue weighted by molar-refractivity contribution is 5.94. The van der Waals surface area contributed by atoms with E-state index in [0.717, 1.165) is 79.2 Å². The van der Waals surface area contributed by atoms with Crippen molar-refractivity contribution in [1.82, 2.24) is 9.88 Å². The molecule has 7 heteroatoms. The van der Waals surface area contributed by atoms with E-state index in [1.165, 1.54) is 0 Å². The highest BCUT2D eigenvalue weighted by Gasteiger charge is 2.26. The molecule has 1 amide bonds. The minimum Gasteiger partial charge on any atom is -0.497 e. The number of aromatic nitrogens is 1. The lowest BCUT2D eigenvalue weighted by Crippen LogP contribution is -2.37. The number of fused-ring (bicyclic) bond motifs is 1. The summed E-state index contributed by atoms with van der Waals surface area (Å²) in [7, 11) is 3.30. The lowest BCUT2D eigenvalue weighted by atomic mass is 10.1. The zero-order chi connectivity index (χ0) is 24.2. The molecule has 2 aromatic carbocycles. The fourth-order valence-electron chi connectivity index (χ4n) is 5.00. The number of amides is 1. The number of carbonyl (C=O) groups is 1. The Bertz CT molecular complexity index is 1170. The van der Waals surface area contributed by atoms with Crippen molar-refractivity contribution in [3.63, 3.8) is 0 Å². The highest BCUT2D eigenvalue weighted by atomic mass is 16.5. The number of nitrogens with zero attached hydrogens (tertiary/aromatic N) is 3. The molecule has 1 atom stereocenters. The van der Waals surface area contributed by atoms with Gasteiger partial charge < -0.3 is 24.0 Å². The molecule has 0 spiro atoms. The molecule has 2 aliphatic rings. The number of ether oxygens (including phenoxy) is 3. The lowest BCUT2D eigenvalue weighted by molar-refractivity contribution is 0.0507. The predicted molar refractivity (Wildman–Crippen MR) is 136 cm³/mol. The molecule has 1 unspecified atom stereocenters. The van der Waals surface area contributed by atoms with Crippen molar-refractivity contribution in [2.45, 2.75) is 38.3 Å². The second-order valence-electron chi connectivity index (χ2n) is 9.27. The van der Waals surface area contributed by atoms with E-state index in [2.05, 4.69) is 11.0 Å². The second-order valence-corrected chi connectivity index (χ2v) is 9.27. The molecule has 2 saturated heterocycles. The average molecular weight is 476 g/mol. The lowest BCUT2D eigenvalue weighted by Gasteiger charge is -2.28. The van der Waals surface area contributed by atoms with Gasteiger partial charge >= 0.3 is 0 Å². The van der Waals surface area contributed by atoms with E-state index in [-0.39, 0.29) is 12.0 Å². The quantitative estimate of drug-likeness (QED) is 0.472. The SMILES string of the molecule is COc1ccc(C(=O)N(Cc2cc3ccc(OC)cc3nc2N2CCCC2)CC2CCCO2)cc1. The molecular weight excluding hydrogens is 442 g/mol. The fraction of sp³-hybridized carbons (Fsp3) is 0.429. The van der Waals surface area contributed by atoms with E-state index < -0.39 is 0 Å². The van der Waals surface area contributed by atoms with E-state index in [4.69, 9.17) is 19.2 Å². The molecule has 0 radical (unpaired) electrons. The predicted octanol–water partition coefficient (Wildman–Crippen LogP) is 4.67. The molecular formula is C28H33N3O4. The standard InChI is InChI=1S/C28H33N3O4/c1-33-23-10-7-20(8-11-23)28(32)31(19-25-6-5-15-35-25)18-22-16-21-9-12-24(34-2)17-26(21)29-27(22)30-13-3-4-14-30/h7-12,16-17,25H,3-6,13-15,18-19H2,1-2H3. The summed E-state index contributed by atoms with van der Waals surface area (Å²) >= 11 is 0. The monoisotopic (exact) mass is 475 g/mol.